The number of rotatable bonds is 28. The lowest BCUT2D eigenvalue weighted by Crippen LogP contribution is -2.37. The van der Waals surface area contributed by atoms with Crippen LogP contribution in [0.1, 0.15) is 156 Å². The zero-order valence-electron chi connectivity index (χ0n) is 24.7. The SMILES string of the molecule is CCCCCCCCC(CCC)OC(=O)CCCCCCCN(CCCCCCCC(=O)O)C(C)CO. The summed E-state index contributed by atoms with van der Waals surface area (Å²) in [5, 5.41) is 18.3. The number of nitrogens with zero attached hydrogens (tertiary/aromatic N) is 1. The van der Waals surface area contributed by atoms with E-state index >= 15 is 0 Å². The lowest BCUT2D eigenvalue weighted by Gasteiger charge is -2.27. The van der Waals surface area contributed by atoms with Crippen LogP contribution in [0.25, 0.3) is 0 Å². The Hall–Kier alpha value is -1.14. The van der Waals surface area contributed by atoms with E-state index in [0.29, 0.717) is 6.42 Å². The van der Waals surface area contributed by atoms with Gasteiger partial charge in [0, 0.05) is 18.9 Å². The molecule has 2 N–H and O–H groups in total. The van der Waals surface area contributed by atoms with Crippen molar-refractivity contribution in [1.82, 2.24) is 4.90 Å². The Labute approximate surface area is 228 Å². The van der Waals surface area contributed by atoms with Gasteiger partial charge < -0.3 is 14.9 Å². The molecule has 0 amide bonds. The van der Waals surface area contributed by atoms with Crippen molar-refractivity contribution in [3.8, 4) is 0 Å². The van der Waals surface area contributed by atoms with Crippen LogP contribution in [0.4, 0.5) is 0 Å². The molecule has 0 bridgehead atoms. The van der Waals surface area contributed by atoms with Crippen molar-refractivity contribution in [1.29, 1.82) is 0 Å². The van der Waals surface area contributed by atoms with Crippen LogP contribution in [0.2, 0.25) is 0 Å². The minimum atomic E-state index is -0.706. The third-order valence-electron chi connectivity index (χ3n) is 7.34. The summed E-state index contributed by atoms with van der Waals surface area (Å²) in [5.74, 6) is -0.724. The molecule has 0 heterocycles. The second-order valence-electron chi connectivity index (χ2n) is 11.0. The standard InChI is InChI=1S/C31H61NO5/c1-4-6-7-8-11-16-22-29(21-5-2)37-31(36)24-18-13-10-15-20-26-32(28(3)27-33)25-19-14-9-12-17-23-30(34)35/h28-29,33H,4-27H2,1-3H3,(H,34,35). The third-order valence-corrected chi connectivity index (χ3v) is 7.34. The zero-order chi connectivity index (χ0) is 27.6. The van der Waals surface area contributed by atoms with E-state index in [1.165, 1.54) is 38.5 Å². The van der Waals surface area contributed by atoms with Crippen LogP contribution in [-0.2, 0) is 14.3 Å². The zero-order valence-corrected chi connectivity index (χ0v) is 24.7. The number of carbonyl (C=O) groups is 2. The number of ether oxygens (including phenoxy) is 1. The maximum absolute atomic E-state index is 12.3. The Bertz CT molecular complexity index is 528. The van der Waals surface area contributed by atoms with Crippen LogP contribution in [0.15, 0.2) is 0 Å². The third kappa shape index (κ3) is 23.7. The van der Waals surface area contributed by atoms with Crippen LogP contribution in [-0.4, -0.2) is 58.9 Å². The van der Waals surface area contributed by atoms with Crippen molar-refractivity contribution in [2.75, 3.05) is 19.7 Å². The highest BCUT2D eigenvalue weighted by Crippen LogP contribution is 2.16. The molecule has 0 aromatic heterocycles. The van der Waals surface area contributed by atoms with Crippen molar-refractivity contribution < 1.29 is 24.5 Å². The maximum atomic E-state index is 12.3. The first-order valence-electron chi connectivity index (χ1n) is 15.7. The Kier molecular flexibility index (Phi) is 25.7. The van der Waals surface area contributed by atoms with Crippen LogP contribution in [0.3, 0.4) is 0 Å². The summed E-state index contributed by atoms with van der Waals surface area (Å²) in [6.45, 7) is 8.65. The summed E-state index contributed by atoms with van der Waals surface area (Å²) < 4.78 is 5.80. The molecule has 0 radical (unpaired) electrons. The minimum absolute atomic E-state index is 0.0182. The molecule has 0 rings (SSSR count). The highest BCUT2D eigenvalue weighted by Gasteiger charge is 2.14. The molecule has 6 heteroatoms. The van der Waals surface area contributed by atoms with Gasteiger partial charge in [-0.25, -0.2) is 0 Å². The molecule has 2 atom stereocenters. The molecule has 0 fully saturated rings. The Morgan fingerprint density at radius 2 is 1.19 bits per heavy atom. The fourth-order valence-electron chi connectivity index (χ4n) is 4.89. The molecule has 0 saturated heterocycles. The van der Waals surface area contributed by atoms with E-state index in [1.807, 2.05) is 0 Å². The molecule has 2 unspecified atom stereocenters. The molecule has 0 aromatic carbocycles. The van der Waals surface area contributed by atoms with Crippen molar-refractivity contribution in [2.45, 2.75) is 168 Å². The topological polar surface area (TPSA) is 87.1 Å². The van der Waals surface area contributed by atoms with Gasteiger partial charge in [-0.05, 0) is 65.0 Å². The van der Waals surface area contributed by atoms with Gasteiger partial charge >= 0.3 is 11.9 Å². The number of unbranched alkanes of at least 4 members (excludes halogenated alkanes) is 13. The molecule has 6 nitrogen and oxygen atoms in total. The highest BCUT2D eigenvalue weighted by atomic mass is 16.5. The second kappa shape index (κ2) is 26.5. The first-order chi connectivity index (χ1) is 17.9. The number of carboxylic acid groups (broad SMARTS) is 1. The second-order valence-corrected chi connectivity index (χ2v) is 11.0. The average Bonchev–Trinajstić information content (AvgIpc) is 2.87. The minimum Gasteiger partial charge on any atom is -0.481 e. The number of aliphatic hydroxyl groups is 1. The predicted molar refractivity (Wildman–Crippen MR) is 154 cm³/mol. The van der Waals surface area contributed by atoms with E-state index in [4.69, 9.17) is 9.84 Å². The predicted octanol–water partition coefficient (Wildman–Crippen LogP) is 7.90. The van der Waals surface area contributed by atoms with Gasteiger partial charge in [-0.1, -0.05) is 90.9 Å². The molecule has 37 heavy (non-hydrogen) atoms. The van der Waals surface area contributed by atoms with Crippen LogP contribution >= 0.6 is 0 Å². The quantitative estimate of drug-likeness (QED) is 0.0794. The fraction of sp³-hybridized carbons (Fsp3) is 0.935. The summed E-state index contributed by atoms with van der Waals surface area (Å²) in [6, 6.07) is 0.175. The summed E-state index contributed by atoms with van der Waals surface area (Å²) >= 11 is 0. The summed E-state index contributed by atoms with van der Waals surface area (Å²) in [5.41, 5.74) is 0. The lowest BCUT2D eigenvalue weighted by molar-refractivity contribution is -0.150. The summed E-state index contributed by atoms with van der Waals surface area (Å²) in [6.07, 6.45) is 22.0. The molecule has 0 saturated carbocycles. The normalized spacial score (nSPS) is 13.1. The number of esters is 1. The van der Waals surface area contributed by atoms with Gasteiger partial charge in [0.05, 0.1) is 6.61 Å². The number of hydrogen-bond donors (Lipinski definition) is 2. The molecule has 0 aromatic rings. The molecule has 0 aliphatic heterocycles. The number of hydrogen-bond acceptors (Lipinski definition) is 5. The van der Waals surface area contributed by atoms with Gasteiger partial charge in [0.1, 0.15) is 6.10 Å². The average molecular weight is 528 g/mol. The molecule has 220 valence electrons. The molecule has 0 spiro atoms. The van der Waals surface area contributed by atoms with E-state index in [0.717, 1.165) is 96.6 Å². The lowest BCUT2D eigenvalue weighted by atomic mass is 10.0. The van der Waals surface area contributed by atoms with Gasteiger partial charge in [0.25, 0.3) is 0 Å². The monoisotopic (exact) mass is 527 g/mol. The van der Waals surface area contributed by atoms with Crippen LogP contribution in [0, 0.1) is 0 Å². The van der Waals surface area contributed by atoms with Crippen molar-refractivity contribution >= 4 is 11.9 Å². The van der Waals surface area contributed by atoms with Crippen molar-refractivity contribution in [3.05, 3.63) is 0 Å². The van der Waals surface area contributed by atoms with E-state index in [1.54, 1.807) is 0 Å². The van der Waals surface area contributed by atoms with Crippen LogP contribution < -0.4 is 0 Å². The van der Waals surface area contributed by atoms with E-state index in [2.05, 4.69) is 25.7 Å². The molecule has 0 aliphatic rings. The van der Waals surface area contributed by atoms with E-state index in [9.17, 15) is 14.7 Å². The van der Waals surface area contributed by atoms with Gasteiger partial charge in [-0.15, -0.1) is 0 Å². The number of carbonyl (C=O) groups excluding carboxylic acids is 1. The summed E-state index contributed by atoms with van der Waals surface area (Å²) in [4.78, 5) is 25.3. The first kappa shape index (κ1) is 35.9. The van der Waals surface area contributed by atoms with Gasteiger partial charge in [-0.2, -0.15) is 0 Å². The van der Waals surface area contributed by atoms with Gasteiger partial charge in [0.15, 0.2) is 0 Å². The van der Waals surface area contributed by atoms with E-state index < -0.39 is 5.97 Å². The largest absolute Gasteiger partial charge is 0.481 e. The fourth-order valence-corrected chi connectivity index (χ4v) is 4.89. The van der Waals surface area contributed by atoms with Crippen molar-refractivity contribution in [3.63, 3.8) is 0 Å². The molecular weight excluding hydrogens is 466 g/mol. The Morgan fingerprint density at radius 3 is 1.73 bits per heavy atom. The molecular formula is C31H61NO5. The Morgan fingerprint density at radius 1 is 0.676 bits per heavy atom. The van der Waals surface area contributed by atoms with E-state index in [-0.39, 0.29) is 31.1 Å². The highest BCUT2D eigenvalue weighted by molar-refractivity contribution is 5.69. The van der Waals surface area contributed by atoms with Crippen molar-refractivity contribution in [2.24, 2.45) is 0 Å². The maximum Gasteiger partial charge on any atom is 0.306 e. The summed E-state index contributed by atoms with van der Waals surface area (Å²) in [7, 11) is 0. The Balaban J connectivity index is 3.91. The van der Waals surface area contributed by atoms with Crippen LogP contribution in [0.5, 0.6) is 0 Å². The van der Waals surface area contributed by atoms with Gasteiger partial charge in [0.2, 0.25) is 0 Å². The number of aliphatic hydroxyl groups excluding tert-OH is 1. The first-order valence-corrected chi connectivity index (χ1v) is 15.7. The van der Waals surface area contributed by atoms with Gasteiger partial charge in [-0.3, -0.25) is 14.5 Å². The molecule has 0 aliphatic carbocycles. The smallest absolute Gasteiger partial charge is 0.306 e. The number of carboxylic acids is 1. The number of aliphatic carboxylic acids is 1.